The molecule has 0 bridgehead atoms. The van der Waals surface area contributed by atoms with Gasteiger partial charge in [0.25, 0.3) is 5.91 Å². The lowest BCUT2D eigenvalue weighted by Gasteiger charge is -2.05. The topological polar surface area (TPSA) is 113 Å². The molecule has 1 unspecified atom stereocenters. The smallest absolute Gasteiger partial charge is 0.323 e. The maximum absolute atomic E-state index is 10.7. The molecule has 1 rings (SSSR count). The molecule has 0 spiro atoms. The van der Waals surface area contributed by atoms with Gasteiger partial charge in [0.2, 0.25) is 0 Å². The van der Waals surface area contributed by atoms with Gasteiger partial charge in [0.15, 0.2) is 6.17 Å². The molecule has 8 heteroatoms. The van der Waals surface area contributed by atoms with Crippen molar-refractivity contribution < 1.29 is 14.4 Å². The van der Waals surface area contributed by atoms with Gasteiger partial charge < -0.3 is 16.4 Å². The van der Waals surface area contributed by atoms with Crippen molar-refractivity contribution in [2.24, 2.45) is 5.73 Å². The van der Waals surface area contributed by atoms with Crippen molar-refractivity contribution in [1.82, 2.24) is 16.0 Å². The summed E-state index contributed by atoms with van der Waals surface area (Å²) in [4.78, 5) is 31.3. The van der Waals surface area contributed by atoms with Crippen LogP contribution in [0, 0.1) is 0 Å². The summed E-state index contributed by atoms with van der Waals surface area (Å²) in [6.07, 6.45) is -1.04. The van der Waals surface area contributed by atoms with Gasteiger partial charge in [0.1, 0.15) is 0 Å². The Labute approximate surface area is 74.5 Å². The Morgan fingerprint density at radius 3 is 2.42 bits per heavy atom. The number of nitrogens with one attached hydrogen (secondary N) is 3. The molecule has 2 radical (unpaired) electrons. The molecule has 1 atom stereocenters. The van der Waals surface area contributed by atoms with Crippen LogP contribution in [0.1, 0.15) is 0 Å². The molecule has 1 fully saturated rings. The number of nitrogens with two attached hydrogens (primary N) is 1. The third kappa shape index (κ3) is 2.31. The van der Waals surface area contributed by atoms with Crippen molar-refractivity contribution in [2.45, 2.75) is 6.17 Å². The molecular weight excluding hydrogens is 184 g/mol. The van der Waals surface area contributed by atoms with Crippen molar-refractivity contribution >= 4 is 31.5 Å². The molecule has 66 valence electrons. The highest BCUT2D eigenvalue weighted by Gasteiger charge is 2.29. The summed E-state index contributed by atoms with van der Waals surface area (Å²) >= 11 is 0. The molecule has 5 N–H and O–H groups in total. The van der Waals surface area contributed by atoms with Crippen molar-refractivity contribution in [2.75, 3.05) is 0 Å². The molecular formula is C4H6N4O3S. The first-order valence-corrected chi connectivity index (χ1v) is 2.77. The molecule has 1 heterocycles. The predicted octanol–water partition coefficient (Wildman–Crippen LogP) is -1.53. The lowest BCUT2D eigenvalue weighted by molar-refractivity contribution is -0.120. The van der Waals surface area contributed by atoms with Crippen LogP contribution in [-0.4, -0.2) is 24.1 Å². The first kappa shape index (κ1) is 10.6. The van der Waals surface area contributed by atoms with Gasteiger partial charge in [0.05, 0.1) is 0 Å². The van der Waals surface area contributed by atoms with E-state index in [4.69, 9.17) is 5.73 Å². The third-order valence-corrected chi connectivity index (χ3v) is 1.06. The number of urea groups is 2. The van der Waals surface area contributed by atoms with Gasteiger partial charge in [-0.15, -0.1) is 0 Å². The molecule has 1 aliphatic heterocycles. The van der Waals surface area contributed by atoms with Crippen LogP contribution in [0.4, 0.5) is 9.59 Å². The Morgan fingerprint density at radius 1 is 1.50 bits per heavy atom. The van der Waals surface area contributed by atoms with Crippen molar-refractivity contribution in [3.63, 3.8) is 0 Å². The molecule has 1 saturated heterocycles. The second kappa shape index (κ2) is 3.81. The largest absolute Gasteiger partial charge is 0.352 e. The Bertz CT molecular complexity index is 230. The highest BCUT2D eigenvalue weighted by Crippen LogP contribution is 1.86. The summed E-state index contributed by atoms with van der Waals surface area (Å²) in [6.45, 7) is 0. The Balaban J connectivity index is 0.00000121. The average Bonchev–Trinajstić information content (AvgIpc) is 2.09. The Kier molecular flexibility index (Phi) is 3.35. The van der Waals surface area contributed by atoms with Crippen LogP contribution in [0.2, 0.25) is 0 Å². The van der Waals surface area contributed by atoms with E-state index >= 15 is 0 Å². The van der Waals surface area contributed by atoms with Gasteiger partial charge in [-0.2, -0.15) is 0 Å². The Morgan fingerprint density at radius 2 is 2.08 bits per heavy atom. The van der Waals surface area contributed by atoms with E-state index in [2.05, 4.69) is 5.32 Å². The molecule has 12 heavy (non-hydrogen) atoms. The summed E-state index contributed by atoms with van der Waals surface area (Å²) in [7, 11) is 0. The van der Waals surface area contributed by atoms with Crippen molar-refractivity contribution in [3.8, 4) is 0 Å². The first-order chi connectivity index (χ1) is 5.09. The standard InChI is InChI=1S/C4H6N4O3.S/c5-3(10)6-1-2(9)8-4(11)7-1;/h1H,(H3,5,6,10)(H2,7,8,9,11);. The number of carbonyl (C=O) groups excluding carboxylic acids is 3. The van der Waals surface area contributed by atoms with Crippen LogP contribution >= 0.6 is 13.5 Å². The zero-order valence-electron chi connectivity index (χ0n) is 5.79. The fourth-order valence-electron chi connectivity index (χ4n) is 0.661. The van der Waals surface area contributed by atoms with E-state index in [1.165, 1.54) is 0 Å². The fraction of sp³-hybridized carbons (Fsp3) is 0.250. The summed E-state index contributed by atoms with van der Waals surface area (Å²) in [5.74, 6) is -0.617. The first-order valence-electron chi connectivity index (χ1n) is 2.77. The van der Waals surface area contributed by atoms with Gasteiger partial charge in [-0.25, -0.2) is 9.59 Å². The van der Waals surface area contributed by atoms with E-state index in [1.807, 2.05) is 10.6 Å². The maximum Gasteiger partial charge on any atom is 0.323 e. The minimum absolute atomic E-state index is 0. The normalized spacial score (nSPS) is 20.5. The lowest BCUT2D eigenvalue weighted by Crippen LogP contribution is -2.48. The van der Waals surface area contributed by atoms with E-state index in [-0.39, 0.29) is 13.5 Å². The van der Waals surface area contributed by atoms with E-state index in [0.717, 1.165) is 0 Å². The number of rotatable bonds is 1. The van der Waals surface area contributed by atoms with Gasteiger partial charge in [-0.05, 0) is 0 Å². The summed E-state index contributed by atoms with van der Waals surface area (Å²) < 4.78 is 0. The van der Waals surface area contributed by atoms with Crippen molar-refractivity contribution in [3.05, 3.63) is 0 Å². The highest BCUT2D eigenvalue weighted by molar-refractivity contribution is 7.59. The number of carbonyl (C=O) groups is 3. The van der Waals surface area contributed by atoms with E-state index < -0.39 is 24.1 Å². The zero-order chi connectivity index (χ0) is 8.43. The minimum atomic E-state index is -1.04. The number of hydrogen-bond donors (Lipinski definition) is 4. The van der Waals surface area contributed by atoms with Crippen LogP contribution in [0.25, 0.3) is 0 Å². The quantitative estimate of drug-likeness (QED) is 0.376. The van der Waals surface area contributed by atoms with Gasteiger partial charge in [-0.1, -0.05) is 0 Å². The summed E-state index contributed by atoms with van der Waals surface area (Å²) in [5, 5.41) is 6.05. The van der Waals surface area contributed by atoms with Crippen LogP contribution in [0.3, 0.4) is 0 Å². The molecule has 0 aliphatic carbocycles. The van der Waals surface area contributed by atoms with E-state index in [0.29, 0.717) is 0 Å². The highest BCUT2D eigenvalue weighted by atomic mass is 32.1. The van der Waals surface area contributed by atoms with E-state index in [9.17, 15) is 14.4 Å². The van der Waals surface area contributed by atoms with E-state index in [1.54, 1.807) is 0 Å². The van der Waals surface area contributed by atoms with Crippen LogP contribution < -0.4 is 21.7 Å². The monoisotopic (exact) mass is 190 g/mol. The van der Waals surface area contributed by atoms with Crippen LogP contribution in [0.5, 0.6) is 0 Å². The lowest BCUT2D eigenvalue weighted by atomic mass is 10.5. The van der Waals surface area contributed by atoms with Gasteiger partial charge >= 0.3 is 12.1 Å². The maximum atomic E-state index is 10.7. The van der Waals surface area contributed by atoms with Crippen molar-refractivity contribution in [1.29, 1.82) is 0 Å². The second-order valence-corrected chi connectivity index (χ2v) is 1.90. The summed E-state index contributed by atoms with van der Waals surface area (Å²) in [5.41, 5.74) is 4.70. The minimum Gasteiger partial charge on any atom is -0.352 e. The zero-order valence-corrected chi connectivity index (χ0v) is 6.60. The summed E-state index contributed by atoms with van der Waals surface area (Å²) in [6, 6.07) is -1.51. The molecule has 1 aliphatic rings. The SMILES string of the molecule is NC(=O)NC1NC(=O)NC1=O.[S]. The van der Waals surface area contributed by atoms with Crippen LogP contribution in [-0.2, 0) is 4.79 Å². The van der Waals surface area contributed by atoms with Gasteiger partial charge in [0, 0.05) is 13.5 Å². The third-order valence-electron chi connectivity index (χ3n) is 1.06. The Hall–Kier alpha value is -1.44. The molecule has 0 aromatic carbocycles. The molecule has 5 amide bonds. The number of amides is 5. The number of imide groups is 1. The molecule has 7 nitrogen and oxygen atoms in total. The number of hydrogen-bond acceptors (Lipinski definition) is 3. The average molecular weight is 190 g/mol. The fourth-order valence-corrected chi connectivity index (χ4v) is 0.661. The molecule has 0 aromatic heterocycles. The van der Waals surface area contributed by atoms with Gasteiger partial charge in [-0.3, -0.25) is 10.1 Å². The van der Waals surface area contributed by atoms with Crippen LogP contribution in [0.15, 0.2) is 0 Å². The predicted molar refractivity (Wildman–Crippen MR) is 40.8 cm³/mol. The molecule has 0 aromatic rings. The number of primary amides is 1. The molecule has 0 saturated carbocycles. The second-order valence-electron chi connectivity index (χ2n) is 1.90.